The number of hydrogen-bond donors (Lipinski definition) is 0. The second kappa shape index (κ2) is 8.37. The summed E-state index contributed by atoms with van der Waals surface area (Å²) < 4.78 is 58.4. The highest BCUT2D eigenvalue weighted by molar-refractivity contribution is 6.88. The summed E-state index contributed by atoms with van der Waals surface area (Å²) in [6, 6.07) is 0. The zero-order valence-corrected chi connectivity index (χ0v) is 21.6. The molecule has 15 heteroatoms. The summed E-state index contributed by atoms with van der Waals surface area (Å²) in [4.78, 5) is 0. The Balaban J connectivity index is 3.44. The smallest absolute Gasteiger partial charge is 0.378 e. The molecule has 0 unspecified atom stereocenters. The van der Waals surface area contributed by atoms with Gasteiger partial charge >= 0.3 is 44.0 Å². The Kier molecular flexibility index (Phi) is 7.94. The van der Waals surface area contributed by atoms with E-state index in [9.17, 15) is 0 Å². The number of hydrogen-bond acceptors (Lipinski definition) is 10. The topological polar surface area (TPSA) is 92.3 Å². The maximum absolute atomic E-state index is 6.11. The van der Waals surface area contributed by atoms with E-state index in [-0.39, 0.29) is 0 Å². The molecular weight excluding hydrogens is 421 g/mol. The third-order valence-electron chi connectivity index (χ3n) is 3.71. The molecule has 1 saturated heterocycles. The van der Waals surface area contributed by atoms with E-state index in [1.807, 2.05) is 0 Å². The Morgan fingerprint density at radius 3 is 0.560 bits per heavy atom. The van der Waals surface area contributed by atoms with Crippen molar-refractivity contribution in [3.8, 4) is 0 Å². The molecule has 0 aromatic carbocycles. The molecule has 0 aromatic heterocycles. The Morgan fingerprint density at radius 2 is 0.480 bits per heavy atom. The van der Waals surface area contributed by atoms with Crippen LogP contribution in [0.5, 0.6) is 0 Å². The van der Waals surface area contributed by atoms with Crippen LogP contribution in [-0.4, -0.2) is 79.6 Å². The molecule has 0 bridgehead atoms. The lowest BCUT2D eigenvalue weighted by Crippen LogP contribution is -2.69. The largest absolute Gasteiger partial charge is 0.482 e. The van der Waals surface area contributed by atoms with Crippen LogP contribution in [0.25, 0.3) is 0 Å². The van der Waals surface area contributed by atoms with Crippen LogP contribution in [0.4, 0.5) is 0 Å². The van der Waals surface area contributed by atoms with Crippen LogP contribution >= 0.6 is 0 Å². The normalized spacial score (nSPS) is 46.8. The molecular formula is C10H30O10Si5. The first-order valence-corrected chi connectivity index (χ1v) is 18.7. The van der Waals surface area contributed by atoms with Gasteiger partial charge in [0, 0.05) is 68.3 Å². The Bertz CT molecular complexity index is 351. The van der Waals surface area contributed by atoms with Crippen LogP contribution in [-0.2, 0) is 42.7 Å². The first kappa shape index (κ1) is 23.7. The van der Waals surface area contributed by atoms with Gasteiger partial charge in [0.15, 0.2) is 0 Å². The maximum Gasteiger partial charge on any atom is 0.482 e. The third-order valence-corrected chi connectivity index (χ3v) is 22.2. The molecule has 0 spiro atoms. The molecule has 0 N–H and O–H groups in total. The van der Waals surface area contributed by atoms with E-state index >= 15 is 0 Å². The van der Waals surface area contributed by atoms with Gasteiger partial charge in [0.2, 0.25) is 0 Å². The highest BCUT2D eigenvalue weighted by atomic mass is 28.6. The van der Waals surface area contributed by atoms with Crippen molar-refractivity contribution in [3.63, 3.8) is 0 Å². The summed E-state index contributed by atoms with van der Waals surface area (Å²) in [5.74, 6) is 0. The molecule has 0 radical (unpaired) electrons. The average Bonchev–Trinajstić information content (AvgIpc) is 2.53. The van der Waals surface area contributed by atoms with Gasteiger partial charge < -0.3 is 42.7 Å². The molecule has 0 aliphatic carbocycles. The van der Waals surface area contributed by atoms with Crippen molar-refractivity contribution in [1.29, 1.82) is 0 Å². The lowest BCUT2D eigenvalue weighted by atomic mass is 11.8. The zero-order chi connectivity index (χ0) is 19.6. The summed E-state index contributed by atoms with van der Waals surface area (Å²) in [6.07, 6.45) is 0. The van der Waals surface area contributed by atoms with E-state index in [1.165, 1.54) is 35.5 Å². The first-order chi connectivity index (χ1) is 11.3. The SMILES string of the molecule is CO[Si]1(C)O[Si](C)(OC)O[Si](C)(OC)O[Si](C)(OC)O[Si](C)(OC)O1. The van der Waals surface area contributed by atoms with Gasteiger partial charge in [-0.3, -0.25) is 0 Å². The second-order valence-electron chi connectivity index (χ2n) is 5.84. The molecule has 1 fully saturated rings. The minimum atomic E-state index is -3.21. The molecule has 1 aliphatic heterocycles. The van der Waals surface area contributed by atoms with Crippen molar-refractivity contribution in [1.82, 2.24) is 0 Å². The molecule has 0 saturated carbocycles. The van der Waals surface area contributed by atoms with E-state index in [2.05, 4.69) is 0 Å². The quantitative estimate of drug-likeness (QED) is 0.568. The van der Waals surface area contributed by atoms with Crippen molar-refractivity contribution in [2.45, 2.75) is 32.7 Å². The molecule has 1 rings (SSSR count). The van der Waals surface area contributed by atoms with E-state index in [1.54, 1.807) is 32.7 Å². The van der Waals surface area contributed by atoms with Gasteiger partial charge in [0.05, 0.1) is 0 Å². The second-order valence-corrected chi connectivity index (χ2v) is 20.6. The van der Waals surface area contributed by atoms with Gasteiger partial charge in [0.1, 0.15) is 0 Å². The molecule has 25 heavy (non-hydrogen) atoms. The van der Waals surface area contributed by atoms with Gasteiger partial charge in [-0.25, -0.2) is 0 Å². The van der Waals surface area contributed by atoms with Crippen LogP contribution in [0.1, 0.15) is 0 Å². The highest BCUT2D eigenvalue weighted by Gasteiger charge is 2.62. The minimum absolute atomic E-state index is 1.50. The molecule has 10 nitrogen and oxygen atoms in total. The summed E-state index contributed by atoms with van der Waals surface area (Å²) >= 11 is 0. The fourth-order valence-corrected chi connectivity index (χ4v) is 21.7. The Hall–Kier alpha value is 0.684. The lowest BCUT2D eigenvalue weighted by Gasteiger charge is -2.45. The van der Waals surface area contributed by atoms with Crippen molar-refractivity contribution < 1.29 is 42.7 Å². The van der Waals surface area contributed by atoms with Gasteiger partial charge in [-0.1, -0.05) is 0 Å². The van der Waals surface area contributed by atoms with E-state index < -0.39 is 44.0 Å². The highest BCUT2D eigenvalue weighted by Crippen LogP contribution is 2.32. The minimum Gasteiger partial charge on any atom is -0.378 e. The van der Waals surface area contributed by atoms with Gasteiger partial charge in [-0.15, -0.1) is 0 Å². The van der Waals surface area contributed by atoms with Crippen LogP contribution in [0, 0.1) is 0 Å². The molecule has 0 amide bonds. The standard InChI is InChI=1S/C10H30O10Si5/c1-11-21(6)16-22(7,12-2)18-24(9,14-4)20-25(10,15-5)19-23(8,13-3)17-21/h1-10H3. The average molecular weight is 451 g/mol. The van der Waals surface area contributed by atoms with Crippen molar-refractivity contribution in [3.05, 3.63) is 0 Å². The predicted molar refractivity (Wildman–Crippen MR) is 98.6 cm³/mol. The fourth-order valence-electron chi connectivity index (χ4n) is 2.20. The first-order valence-electron chi connectivity index (χ1n) is 7.60. The van der Waals surface area contributed by atoms with Crippen LogP contribution in [0.3, 0.4) is 0 Å². The summed E-state index contributed by atoms with van der Waals surface area (Å²) in [7, 11) is -8.53. The van der Waals surface area contributed by atoms with Gasteiger partial charge in [0.25, 0.3) is 0 Å². The summed E-state index contributed by atoms with van der Waals surface area (Å²) in [6.45, 7) is 8.65. The fraction of sp³-hybridized carbons (Fsp3) is 1.00. The molecule has 1 heterocycles. The monoisotopic (exact) mass is 450 g/mol. The van der Waals surface area contributed by atoms with Crippen LogP contribution in [0.2, 0.25) is 32.7 Å². The van der Waals surface area contributed by atoms with Crippen molar-refractivity contribution >= 4 is 44.0 Å². The molecule has 0 aromatic rings. The summed E-state index contributed by atoms with van der Waals surface area (Å²) in [5.41, 5.74) is 0. The molecule has 0 atom stereocenters. The van der Waals surface area contributed by atoms with Crippen LogP contribution in [0.15, 0.2) is 0 Å². The lowest BCUT2D eigenvalue weighted by molar-refractivity contribution is 0.0484. The summed E-state index contributed by atoms with van der Waals surface area (Å²) in [5, 5.41) is 0. The maximum atomic E-state index is 6.11. The van der Waals surface area contributed by atoms with Crippen molar-refractivity contribution in [2.24, 2.45) is 0 Å². The Labute approximate surface area is 155 Å². The predicted octanol–water partition coefficient (Wildman–Crippen LogP) is 1.16. The van der Waals surface area contributed by atoms with Gasteiger partial charge in [-0.05, 0) is 0 Å². The zero-order valence-electron chi connectivity index (χ0n) is 16.6. The molecule has 1 aliphatic rings. The number of rotatable bonds is 5. The van der Waals surface area contributed by atoms with Crippen LogP contribution < -0.4 is 0 Å². The third kappa shape index (κ3) is 6.09. The van der Waals surface area contributed by atoms with E-state index in [0.29, 0.717) is 0 Å². The Morgan fingerprint density at radius 1 is 0.360 bits per heavy atom. The van der Waals surface area contributed by atoms with Gasteiger partial charge in [-0.2, -0.15) is 0 Å². The van der Waals surface area contributed by atoms with E-state index in [0.717, 1.165) is 0 Å². The van der Waals surface area contributed by atoms with Crippen molar-refractivity contribution in [2.75, 3.05) is 35.5 Å². The molecule has 150 valence electrons. The van der Waals surface area contributed by atoms with E-state index in [4.69, 9.17) is 42.7 Å².